The Hall–Kier alpha value is -5.31. The molecule has 0 radical (unpaired) electrons. The van der Waals surface area contributed by atoms with Gasteiger partial charge in [-0.25, -0.2) is 29.5 Å². The summed E-state index contributed by atoms with van der Waals surface area (Å²) in [6.45, 7) is 3.21. The Morgan fingerprint density at radius 2 is 1.08 bits per heavy atom. The van der Waals surface area contributed by atoms with E-state index in [2.05, 4.69) is 19.9 Å². The Kier molecular flexibility index (Phi) is 5.68. The lowest BCUT2D eigenvalue weighted by Gasteiger charge is -2.16. The number of Topliss-reactive ketones (excluding diaryl/α,β-unsaturated/α-hetero) is 1. The number of carbonyl (C=O) groups excluding carboxylic acids is 2. The molecule has 1 N–H and O–H groups in total. The predicted molar refractivity (Wildman–Crippen MR) is 145 cm³/mol. The van der Waals surface area contributed by atoms with Crippen molar-refractivity contribution in [1.82, 2.24) is 19.9 Å². The maximum Gasteiger partial charge on any atom is 0.341 e. The van der Waals surface area contributed by atoms with Gasteiger partial charge in [0.1, 0.15) is 22.7 Å². The van der Waals surface area contributed by atoms with Crippen molar-refractivity contribution in [2.45, 2.75) is 20.0 Å². The average molecular weight is 517 g/mol. The number of ketones is 1. The lowest BCUT2D eigenvalue weighted by molar-refractivity contribution is 0.0342. The molecule has 1 atom stereocenters. The van der Waals surface area contributed by atoms with E-state index >= 15 is 0 Å². The summed E-state index contributed by atoms with van der Waals surface area (Å²) in [5.74, 6) is -1.80. The third-order valence-corrected chi connectivity index (χ3v) is 6.57. The highest BCUT2D eigenvalue weighted by Gasteiger charge is 2.21. The smallest absolute Gasteiger partial charge is 0.341 e. The van der Waals surface area contributed by atoms with Gasteiger partial charge in [-0.3, -0.25) is 4.79 Å². The second kappa shape index (κ2) is 9.21. The average Bonchev–Trinajstić information content (AvgIpc) is 2.93. The Balaban J connectivity index is 1.39. The van der Waals surface area contributed by atoms with Crippen LogP contribution in [0.4, 0.5) is 0 Å². The fourth-order valence-corrected chi connectivity index (χ4v) is 4.70. The molecule has 4 aromatic carbocycles. The number of fused-ring (bicyclic) bond motifs is 4. The largest absolute Gasteiger partial charge is 0.478 e. The lowest BCUT2D eigenvalue weighted by Crippen LogP contribution is -2.11. The van der Waals surface area contributed by atoms with Gasteiger partial charge in [-0.1, -0.05) is 30.3 Å². The van der Waals surface area contributed by atoms with E-state index < -0.39 is 18.0 Å². The van der Waals surface area contributed by atoms with Crippen LogP contribution < -0.4 is 0 Å². The topological polar surface area (TPSA) is 132 Å². The summed E-state index contributed by atoms with van der Waals surface area (Å²) in [6.07, 6.45) is -0.705. The molecule has 9 heteroatoms. The number of nitrogens with zero attached hydrogens (tertiary/aromatic N) is 4. The van der Waals surface area contributed by atoms with Gasteiger partial charge in [0.25, 0.3) is 0 Å². The van der Waals surface area contributed by atoms with Crippen LogP contribution in [-0.4, -0.2) is 42.8 Å². The summed E-state index contributed by atoms with van der Waals surface area (Å²) in [5.41, 5.74) is 4.91. The van der Waals surface area contributed by atoms with Gasteiger partial charge >= 0.3 is 11.9 Å². The zero-order chi connectivity index (χ0) is 27.3. The Morgan fingerprint density at radius 3 is 1.64 bits per heavy atom. The van der Waals surface area contributed by atoms with Crippen LogP contribution in [-0.2, 0) is 4.74 Å². The third kappa shape index (κ3) is 4.10. The normalized spacial score (nSPS) is 12.2. The van der Waals surface area contributed by atoms with Crippen molar-refractivity contribution in [3.63, 3.8) is 0 Å². The second-order valence-corrected chi connectivity index (χ2v) is 9.09. The predicted octanol–water partition coefficient (Wildman–Crippen LogP) is 5.70. The zero-order valence-electron chi connectivity index (χ0n) is 20.9. The number of hydrogen-bond donors (Lipinski definition) is 1. The molecule has 9 nitrogen and oxygen atoms in total. The molecule has 0 aliphatic rings. The first-order chi connectivity index (χ1) is 18.8. The van der Waals surface area contributed by atoms with E-state index in [1.807, 2.05) is 0 Å². The van der Waals surface area contributed by atoms with Crippen molar-refractivity contribution in [3.8, 4) is 0 Å². The number of carbonyl (C=O) groups is 3. The minimum Gasteiger partial charge on any atom is -0.478 e. The summed E-state index contributed by atoms with van der Waals surface area (Å²) in [5, 5.41) is 9.53. The summed E-state index contributed by atoms with van der Waals surface area (Å²) in [6, 6.07) is 20.3. The van der Waals surface area contributed by atoms with Crippen LogP contribution in [0.5, 0.6) is 0 Å². The molecule has 190 valence electrons. The van der Waals surface area contributed by atoms with Gasteiger partial charge < -0.3 is 9.84 Å². The Labute approximate surface area is 221 Å². The van der Waals surface area contributed by atoms with E-state index in [0.717, 1.165) is 0 Å². The van der Waals surface area contributed by atoms with Crippen LogP contribution in [0.3, 0.4) is 0 Å². The number of para-hydroxylation sites is 4. The van der Waals surface area contributed by atoms with E-state index in [9.17, 15) is 19.5 Å². The van der Waals surface area contributed by atoms with Crippen molar-refractivity contribution >= 4 is 61.9 Å². The van der Waals surface area contributed by atoms with Crippen molar-refractivity contribution in [3.05, 3.63) is 95.1 Å². The van der Waals surface area contributed by atoms with Gasteiger partial charge in [0.2, 0.25) is 0 Å². The number of carboxylic acid groups (broad SMARTS) is 1. The van der Waals surface area contributed by atoms with Gasteiger partial charge in [0.05, 0.1) is 38.7 Å². The van der Waals surface area contributed by atoms with Gasteiger partial charge in [0.15, 0.2) is 5.78 Å². The molecule has 39 heavy (non-hydrogen) atoms. The van der Waals surface area contributed by atoms with E-state index in [4.69, 9.17) is 4.74 Å². The molecule has 0 aliphatic heterocycles. The maximum atomic E-state index is 13.4. The van der Waals surface area contributed by atoms with Crippen molar-refractivity contribution in [2.24, 2.45) is 0 Å². The molecule has 0 unspecified atom stereocenters. The van der Waals surface area contributed by atoms with Crippen LogP contribution >= 0.6 is 0 Å². The first-order valence-electron chi connectivity index (χ1n) is 12.2. The number of rotatable bonds is 5. The number of carboxylic acids is 1. The molecule has 0 amide bonds. The highest BCUT2D eigenvalue weighted by Crippen LogP contribution is 2.29. The van der Waals surface area contributed by atoms with Crippen LogP contribution in [0, 0.1) is 0 Å². The van der Waals surface area contributed by atoms with Crippen LogP contribution in [0.2, 0.25) is 0 Å². The molecule has 0 saturated heterocycles. The van der Waals surface area contributed by atoms with Crippen LogP contribution in [0.1, 0.15) is 56.6 Å². The quantitative estimate of drug-likeness (QED) is 0.174. The molecule has 0 bridgehead atoms. The molecule has 0 spiro atoms. The van der Waals surface area contributed by atoms with Crippen molar-refractivity contribution in [1.29, 1.82) is 0 Å². The number of esters is 1. The van der Waals surface area contributed by atoms with Crippen molar-refractivity contribution in [2.75, 3.05) is 0 Å². The first-order valence-corrected chi connectivity index (χ1v) is 12.2. The third-order valence-electron chi connectivity index (χ3n) is 6.57. The highest BCUT2D eigenvalue weighted by molar-refractivity contribution is 6.08. The van der Waals surface area contributed by atoms with Crippen LogP contribution in [0.25, 0.3) is 44.1 Å². The summed E-state index contributed by atoms with van der Waals surface area (Å²) in [7, 11) is 0. The molecule has 0 aliphatic carbocycles. The molecule has 0 saturated carbocycles. The molecule has 2 heterocycles. The maximum absolute atomic E-state index is 13.4. The minimum absolute atomic E-state index is 0.0618. The first kappa shape index (κ1) is 24.1. The number of ether oxygens (including phenoxy) is 1. The monoisotopic (exact) mass is 516 g/mol. The summed E-state index contributed by atoms with van der Waals surface area (Å²) in [4.78, 5) is 55.5. The second-order valence-electron chi connectivity index (χ2n) is 9.09. The SMILES string of the molecule is CC(=O)c1cccc2nc3c(C(=O)O[C@H](C)c4cccc5nc6c(C(=O)O)cccc6nc45)cccc3nc12. The number of aromatic nitrogens is 4. The molecular weight excluding hydrogens is 496 g/mol. The lowest BCUT2D eigenvalue weighted by atomic mass is 10.1. The fourth-order valence-electron chi connectivity index (χ4n) is 4.70. The van der Waals surface area contributed by atoms with E-state index in [-0.39, 0.29) is 22.4 Å². The molecule has 2 aromatic heterocycles. The van der Waals surface area contributed by atoms with E-state index in [1.165, 1.54) is 13.0 Å². The van der Waals surface area contributed by atoms with Crippen LogP contribution in [0.15, 0.2) is 72.8 Å². The highest BCUT2D eigenvalue weighted by atomic mass is 16.5. The summed E-state index contributed by atoms with van der Waals surface area (Å²) < 4.78 is 5.86. The van der Waals surface area contributed by atoms with Gasteiger partial charge in [-0.05, 0) is 56.3 Å². The molecular formula is C30H20N4O5. The molecule has 0 fully saturated rings. The Bertz CT molecular complexity index is 2000. The number of benzene rings is 4. The fraction of sp³-hybridized carbons (Fsp3) is 0.100. The van der Waals surface area contributed by atoms with Crippen molar-refractivity contribution < 1.29 is 24.2 Å². The summed E-state index contributed by atoms with van der Waals surface area (Å²) >= 11 is 0. The molecule has 6 rings (SSSR count). The van der Waals surface area contributed by atoms with E-state index in [1.54, 1.807) is 73.7 Å². The number of hydrogen-bond acceptors (Lipinski definition) is 8. The van der Waals surface area contributed by atoms with Gasteiger partial charge in [0, 0.05) is 11.1 Å². The minimum atomic E-state index is -1.09. The zero-order valence-corrected chi connectivity index (χ0v) is 20.9. The van der Waals surface area contributed by atoms with E-state index in [0.29, 0.717) is 49.7 Å². The molecule has 6 aromatic rings. The Morgan fingerprint density at radius 1 is 0.641 bits per heavy atom. The number of aromatic carboxylic acids is 1. The van der Waals surface area contributed by atoms with Gasteiger partial charge in [-0.2, -0.15) is 0 Å². The van der Waals surface area contributed by atoms with Gasteiger partial charge in [-0.15, -0.1) is 0 Å². The standard InChI is InChI=1S/C30H20N4O5/c1-15(35)17-7-3-11-21-25(17)31-24-14-6-10-20(28(24)34-21)30(38)39-16(2)18-8-4-12-22-26(18)32-23-13-5-9-19(29(36)37)27(23)33-22/h3-14,16H,1-2H3,(H,36,37)/t16-/m1/s1.